The molecule has 0 unspecified atom stereocenters. The van der Waals surface area contributed by atoms with Crippen molar-refractivity contribution in [2.75, 3.05) is 44.0 Å². The zero-order valence-corrected chi connectivity index (χ0v) is 28.7. The third-order valence-electron chi connectivity index (χ3n) is 8.60. The van der Waals surface area contributed by atoms with Gasteiger partial charge in [-0.05, 0) is 87.7 Å². The fourth-order valence-corrected chi connectivity index (χ4v) is 5.65. The van der Waals surface area contributed by atoms with Crippen LogP contribution in [0.25, 0.3) is 0 Å². The normalized spacial score (nSPS) is 19.7. The van der Waals surface area contributed by atoms with Crippen molar-refractivity contribution in [1.29, 1.82) is 0 Å². The van der Waals surface area contributed by atoms with Crippen LogP contribution in [0.1, 0.15) is 66.3 Å². The molecule has 0 saturated carbocycles. The molecule has 1 aliphatic rings. The summed E-state index contributed by atoms with van der Waals surface area (Å²) in [7, 11) is 1.72. The molecule has 4 atom stereocenters. The number of urea groups is 1. The topological polar surface area (TPSA) is 120 Å². The van der Waals surface area contributed by atoms with E-state index in [1.165, 1.54) is 11.0 Å². The molecule has 1 heterocycles. The molecule has 0 fully saturated rings. The summed E-state index contributed by atoms with van der Waals surface area (Å²) in [4.78, 5) is 43.5. The summed E-state index contributed by atoms with van der Waals surface area (Å²) in [6.07, 6.45) is -2.97. The van der Waals surface area contributed by atoms with Gasteiger partial charge in [-0.3, -0.25) is 9.59 Å². The van der Waals surface area contributed by atoms with E-state index in [-0.39, 0.29) is 54.6 Å². The van der Waals surface area contributed by atoms with Gasteiger partial charge in [-0.1, -0.05) is 25.1 Å². The maximum absolute atomic E-state index is 14.3. The summed E-state index contributed by atoms with van der Waals surface area (Å²) < 4.78 is 51.4. The van der Waals surface area contributed by atoms with Crippen molar-refractivity contribution in [3.8, 4) is 5.75 Å². The molecule has 1 aliphatic heterocycles. The lowest BCUT2D eigenvalue weighted by atomic mass is 10.0. The van der Waals surface area contributed by atoms with Gasteiger partial charge in [0, 0.05) is 49.6 Å². The number of alkyl halides is 3. The van der Waals surface area contributed by atoms with Gasteiger partial charge in [0.25, 0.3) is 11.8 Å². The molecule has 0 aromatic heterocycles. The van der Waals surface area contributed by atoms with Gasteiger partial charge in [0.15, 0.2) is 0 Å². The maximum Gasteiger partial charge on any atom is 0.416 e. The molecule has 3 N–H and O–H groups in total. The van der Waals surface area contributed by atoms with Crippen LogP contribution in [0, 0.1) is 5.92 Å². The van der Waals surface area contributed by atoms with Crippen LogP contribution in [0.5, 0.6) is 5.75 Å². The van der Waals surface area contributed by atoms with E-state index in [9.17, 15) is 32.7 Å². The first kappa shape index (κ1) is 38.2. The summed E-state index contributed by atoms with van der Waals surface area (Å²) in [5.41, 5.74) is 0.251. The summed E-state index contributed by atoms with van der Waals surface area (Å²) in [6.45, 7) is 6.15. The molecule has 3 aromatic rings. The Labute approximate surface area is 290 Å². The number of halogens is 3. The van der Waals surface area contributed by atoms with E-state index in [0.717, 1.165) is 37.1 Å². The van der Waals surface area contributed by atoms with Crippen molar-refractivity contribution >= 4 is 29.2 Å². The number of anilines is 2. The third-order valence-corrected chi connectivity index (χ3v) is 8.60. The van der Waals surface area contributed by atoms with Crippen LogP contribution in [0.4, 0.5) is 29.3 Å². The molecule has 13 heteroatoms. The molecule has 10 nitrogen and oxygen atoms in total. The summed E-state index contributed by atoms with van der Waals surface area (Å²) in [5.74, 6) is -0.560. The number of carbonyl (C=O) groups excluding carboxylic acids is 3. The van der Waals surface area contributed by atoms with Crippen molar-refractivity contribution in [2.24, 2.45) is 5.92 Å². The summed E-state index contributed by atoms with van der Waals surface area (Å²) in [6, 6.07) is 16.3. The second-order valence-corrected chi connectivity index (χ2v) is 12.7. The molecule has 4 rings (SSSR count). The van der Waals surface area contributed by atoms with Gasteiger partial charge >= 0.3 is 12.2 Å². The van der Waals surface area contributed by atoms with Crippen molar-refractivity contribution < 1.29 is 42.1 Å². The van der Waals surface area contributed by atoms with Crippen LogP contribution < -0.4 is 15.4 Å². The number of hydrogen-bond donors (Lipinski definition) is 3. The van der Waals surface area contributed by atoms with Gasteiger partial charge in [0.2, 0.25) is 0 Å². The number of fused-ring (bicyclic) bond motifs is 1. The van der Waals surface area contributed by atoms with Gasteiger partial charge in [-0.25, -0.2) is 4.79 Å². The van der Waals surface area contributed by atoms with Gasteiger partial charge < -0.3 is 35.0 Å². The maximum atomic E-state index is 14.3. The molecule has 270 valence electrons. The molecular weight excluding hydrogens is 653 g/mol. The van der Waals surface area contributed by atoms with Gasteiger partial charge in [-0.15, -0.1) is 0 Å². The average Bonchev–Trinajstić information content (AvgIpc) is 3.09. The highest BCUT2D eigenvalue weighted by atomic mass is 19.4. The largest absolute Gasteiger partial charge is 0.490 e. The third kappa shape index (κ3) is 10.4. The van der Waals surface area contributed by atoms with Crippen LogP contribution in [0.2, 0.25) is 0 Å². The Morgan fingerprint density at radius 2 is 1.66 bits per heavy atom. The van der Waals surface area contributed by atoms with Crippen LogP contribution in [-0.4, -0.2) is 84.4 Å². The number of likely N-dealkylation sites (N-methyl/N-ethyl adjacent to an activating group) is 1. The molecule has 50 heavy (non-hydrogen) atoms. The Hall–Kier alpha value is -4.62. The predicted octanol–water partition coefficient (Wildman–Crippen LogP) is 6.92. The summed E-state index contributed by atoms with van der Waals surface area (Å²) in [5, 5.41) is 15.3. The Bertz CT molecular complexity index is 1590. The van der Waals surface area contributed by atoms with Crippen molar-refractivity contribution in [3.63, 3.8) is 0 Å². The molecule has 3 aromatic carbocycles. The number of ether oxygens (including phenoxy) is 2. The molecule has 0 saturated heterocycles. The quantitative estimate of drug-likeness (QED) is 0.247. The lowest BCUT2D eigenvalue weighted by Crippen LogP contribution is -2.48. The first-order chi connectivity index (χ1) is 23.8. The molecule has 0 bridgehead atoms. The van der Waals surface area contributed by atoms with Crippen LogP contribution in [0.3, 0.4) is 0 Å². The van der Waals surface area contributed by atoms with Crippen LogP contribution in [-0.2, 0) is 10.9 Å². The predicted molar refractivity (Wildman–Crippen MR) is 184 cm³/mol. The Morgan fingerprint density at radius 3 is 2.32 bits per heavy atom. The Kier molecular flexibility index (Phi) is 13.3. The Morgan fingerprint density at radius 1 is 1.00 bits per heavy atom. The standard InChI is InChI=1S/C37H45F3N4O6/c1-24-21-44(25(2)23-45)35(47)31-20-30(42-36(48)41-29-15-13-28(14-16-29)37(38,39)40)17-18-32(31)50-26(3)10-8-9-19-49-33(24)22-43(4)34(46)27-11-6-5-7-12-27/h5-7,11-18,20,24-26,33,45H,8-10,19,21-23H2,1-4H3,(H2,41,42,48)/t24-,25+,26-,33+/m0/s1. The smallest absolute Gasteiger partial charge is 0.416 e. The van der Waals surface area contributed by atoms with Crippen molar-refractivity contribution in [2.45, 2.75) is 64.5 Å². The number of amides is 4. The van der Waals surface area contributed by atoms with E-state index >= 15 is 0 Å². The van der Waals surface area contributed by atoms with Crippen molar-refractivity contribution in [1.82, 2.24) is 9.80 Å². The fourth-order valence-electron chi connectivity index (χ4n) is 5.65. The van der Waals surface area contributed by atoms with E-state index in [2.05, 4.69) is 10.6 Å². The van der Waals surface area contributed by atoms with E-state index in [1.54, 1.807) is 55.3 Å². The zero-order valence-electron chi connectivity index (χ0n) is 28.7. The lowest BCUT2D eigenvalue weighted by Gasteiger charge is -2.36. The molecule has 0 radical (unpaired) electrons. The summed E-state index contributed by atoms with van der Waals surface area (Å²) >= 11 is 0. The minimum absolute atomic E-state index is 0.145. The van der Waals surface area contributed by atoms with Crippen molar-refractivity contribution in [3.05, 3.63) is 89.5 Å². The second-order valence-electron chi connectivity index (χ2n) is 12.7. The van der Waals surface area contributed by atoms with E-state index in [4.69, 9.17) is 9.47 Å². The first-order valence-corrected chi connectivity index (χ1v) is 16.7. The number of hydrogen-bond acceptors (Lipinski definition) is 6. The number of aliphatic hydroxyl groups excluding tert-OH is 1. The average molecular weight is 699 g/mol. The minimum Gasteiger partial charge on any atom is -0.490 e. The number of benzene rings is 3. The lowest BCUT2D eigenvalue weighted by molar-refractivity contribution is -0.137. The monoisotopic (exact) mass is 698 g/mol. The van der Waals surface area contributed by atoms with Gasteiger partial charge in [0.05, 0.1) is 36.0 Å². The zero-order chi connectivity index (χ0) is 36.4. The van der Waals surface area contributed by atoms with E-state index < -0.39 is 35.8 Å². The van der Waals surface area contributed by atoms with E-state index in [0.29, 0.717) is 24.3 Å². The number of carbonyl (C=O) groups is 3. The molecule has 4 amide bonds. The fraction of sp³-hybridized carbons (Fsp3) is 0.432. The van der Waals surface area contributed by atoms with Crippen LogP contribution in [0.15, 0.2) is 72.8 Å². The van der Waals surface area contributed by atoms with Crippen LogP contribution >= 0.6 is 0 Å². The Balaban J connectivity index is 1.59. The molecule has 0 spiro atoms. The number of nitrogens with zero attached hydrogens (tertiary/aromatic N) is 2. The minimum atomic E-state index is -4.51. The van der Waals surface area contributed by atoms with Gasteiger partial charge in [0.1, 0.15) is 5.75 Å². The van der Waals surface area contributed by atoms with Gasteiger partial charge in [-0.2, -0.15) is 13.2 Å². The highest BCUT2D eigenvalue weighted by Crippen LogP contribution is 2.31. The van der Waals surface area contributed by atoms with E-state index in [1.807, 2.05) is 19.9 Å². The number of rotatable bonds is 7. The highest BCUT2D eigenvalue weighted by molar-refractivity contribution is 6.02. The molecular formula is C37H45F3N4O6. The highest BCUT2D eigenvalue weighted by Gasteiger charge is 2.32. The SMILES string of the molecule is C[C@H](CO)N1C[C@H](C)[C@@H](CN(C)C(=O)c2ccccc2)OCCCC[C@H](C)Oc2ccc(NC(=O)Nc3ccc(C(F)(F)F)cc3)cc2C1=O. The number of nitrogens with one attached hydrogen (secondary N) is 2. The first-order valence-electron chi connectivity index (χ1n) is 16.7. The number of aliphatic hydroxyl groups is 1. The second kappa shape index (κ2) is 17.3. The molecule has 0 aliphatic carbocycles.